The summed E-state index contributed by atoms with van der Waals surface area (Å²) in [5.74, 6) is 0.0219. The zero-order valence-electron chi connectivity index (χ0n) is 4.61. The highest BCUT2D eigenvalue weighted by Crippen LogP contribution is 1.78. The van der Waals surface area contributed by atoms with Crippen LogP contribution in [0, 0.1) is 6.92 Å². The van der Waals surface area contributed by atoms with Crippen molar-refractivity contribution in [3.8, 4) is 0 Å². The Kier molecular flexibility index (Phi) is 5.06. The van der Waals surface area contributed by atoms with E-state index in [0.29, 0.717) is 11.9 Å². The first-order chi connectivity index (χ1) is 3.81. The van der Waals surface area contributed by atoms with E-state index in [1.165, 1.54) is 0 Å². The van der Waals surface area contributed by atoms with Crippen molar-refractivity contribution in [1.29, 1.82) is 0 Å². The number of nitrogens with one attached hydrogen (secondary N) is 1. The average molecular weight is 179 g/mol. The summed E-state index contributed by atoms with van der Waals surface area (Å²) in [7, 11) is 0. The Bertz CT molecular complexity index is 74.8. The Morgan fingerprint density at radius 2 is 2.38 bits per heavy atom. The third-order valence-corrected chi connectivity index (χ3v) is 1.13. The fraction of sp³-hybridized carbons (Fsp3) is 0.600. The quantitative estimate of drug-likeness (QED) is 0.635. The molecular weight excluding hydrogens is 170 g/mol. The highest BCUT2D eigenvalue weighted by Gasteiger charge is 1.91. The molecule has 0 bridgehead atoms. The molecule has 0 aromatic carbocycles. The van der Waals surface area contributed by atoms with Crippen molar-refractivity contribution in [2.45, 2.75) is 6.42 Å². The molecule has 0 saturated heterocycles. The fourth-order valence-electron chi connectivity index (χ4n) is 0.275. The van der Waals surface area contributed by atoms with Crippen LogP contribution in [0.3, 0.4) is 0 Å². The molecule has 0 spiro atoms. The number of rotatable bonds is 3. The normalized spacial score (nSPS) is 8.75. The van der Waals surface area contributed by atoms with E-state index in [1.54, 1.807) is 0 Å². The van der Waals surface area contributed by atoms with Crippen LogP contribution < -0.4 is 5.32 Å². The third kappa shape index (κ3) is 4.12. The summed E-state index contributed by atoms with van der Waals surface area (Å²) >= 11 is 3.01. The van der Waals surface area contributed by atoms with Crippen LogP contribution in [0.5, 0.6) is 0 Å². The molecule has 1 amide bonds. The second-order valence-electron chi connectivity index (χ2n) is 1.34. The molecule has 0 aromatic rings. The van der Waals surface area contributed by atoms with Gasteiger partial charge in [0, 0.05) is 6.54 Å². The molecule has 0 atom stereocenters. The van der Waals surface area contributed by atoms with Gasteiger partial charge in [-0.25, -0.2) is 0 Å². The van der Waals surface area contributed by atoms with Crippen molar-refractivity contribution in [1.82, 2.24) is 5.32 Å². The van der Waals surface area contributed by atoms with Gasteiger partial charge in [0.25, 0.3) is 0 Å². The molecular formula is C5H9BrNO. The minimum atomic E-state index is 0.0219. The minimum absolute atomic E-state index is 0.0219. The van der Waals surface area contributed by atoms with Crippen molar-refractivity contribution < 1.29 is 4.79 Å². The summed E-state index contributed by atoms with van der Waals surface area (Å²) in [6, 6.07) is 0. The molecule has 0 aliphatic carbocycles. The molecule has 1 radical (unpaired) electrons. The van der Waals surface area contributed by atoms with Gasteiger partial charge in [0.2, 0.25) is 5.91 Å². The summed E-state index contributed by atoms with van der Waals surface area (Å²) in [5.41, 5.74) is 0. The van der Waals surface area contributed by atoms with E-state index < -0.39 is 0 Å². The molecule has 0 rings (SSSR count). The van der Waals surface area contributed by atoms with Crippen LogP contribution in [0.15, 0.2) is 0 Å². The van der Waals surface area contributed by atoms with Crippen LogP contribution in [0.25, 0.3) is 0 Å². The van der Waals surface area contributed by atoms with Crippen molar-refractivity contribution in [3.05, 3.63) is 6.92 Å². The van der Waals surface area contributed by atoms with E-state index >= 15 is 0 Å². The molecule has 0 aromatic heterocycles. The van der Waals surface area contributed by atoms with Gasteiger partial charge in [0.05, 0.1) is 5.33 Å². The molecule has 47 valence electrons. The van der Waals surface area contributed by atoms with Gasteiger partial charge in [-0.3, -0.25) is 4.79 Å². The molecule has 0 aliphatic rings. The maximum atomic E-state index is 10.4. The van der Waals surface area contributed by atoms with E-state index in [0.717, 1.165) is 6.42 Å². The molecule has 0 unspecified atom stereocenters. The van der Waals surface area contributed by atoms with Gasteiger partial charge in [0.1, 0.15) is 0 Å². The highest BCUT2D eigenvalue weighted by molar-refractivity contribution is 9.09. The second kappa shape index (κ2) is 5.09. The summed E-state index contributed by atoms with van der Waals surface area (Å²) in [5, 5.41) is 3.02. The van der Waals surface area contributed by atoms with Gasteiger partial charge < -0.3 is 5.32 Å². The summed E-state index contributed by atoms with van der Waals surface area (Å²) in [4.78, 5) is 10.4. The summed E-state index contributed by atoms with van der Waals surface area (Å²) in [6.45, 7) is 4.23. The van der Waals surface area contributed by atoms with Gasteiger partial charge in [-0.1, -0.05) is 22.9 Å². The fourth-order valence-corrected chi connectivity index (χ4v) is 0.473. The number of carbonyl (C=O) groups is 1. The number of amides is 1. The monoisotopic (exact) mass is 178 g/mol. The topological polar surface area (TPSA) is 29.1 Å². The zero-order valence-corrected chi connectivity index (χ0v) is 6.20. The maximum Gasteiger partial charge on any atom is 0.230 e. The van der Waals surface area contributed by atoms with Gasteiger partial charge in [-0.2, -0.15) is 0 Å². The molecule has 8 heavy (non-hydrogen) atoms. The predicted molar refractivity (Wildman–Crippen MR) is 36.8 cm³/mol. The Morgan fingerprint density at radius 1 is 1.75 bits per heavy atom. The zero-order chi connectivity index (χ0) is 6.41. The number of hydrogen-bond acceptors (Lipinski definition) is 1. The lowest BCUT2D eigenvalue weighted by molar-refractivity contribution is -0.118. The van der Waals surface area contributed by atoms with E-state index in [1.807, 2.05) is 0 Å². The van der Waals surface area contributed by atoms with Crippen molar-refractivity contribution in [2.75, 3.05) is 11.9 Å². The van der Waals surface area contributed by atoms with Gasteiger partial charge in [0.15, 0.2) is 0 Å². The first-order valence-electron chi connectivity index (χ1n) is 2.43. The first kappa shape index (κ1) is 7.95. The van der Waals surface area contributed by atoms with Crippen molar-refractivity contribution >= 4 is 21.8 Å². The Labute approximate surface area is 57.8 Å². The van der Waals surface area contributed by atoms with Gasteiger partial charge in [-0.05, 0) is 6.42 Å². The van der Waals surface area contributed by atoms with E-state index in [2.05, 4.69) is 28.2 Å². The van der Waals surface area contributed by atoms with Crippen LogP contribution >= 0.6 is 15.9 Å². The maximum absolute atomic E-state index is 10.4. The van der Waals surface area contributed by atoms with Crippen molar-refractivity contribution in [3.63, 3.8) is 0 Å². The predicted octanol–water partition coefficient (Wildman–Crippen LogP) is 0.722. The van der Waals surface area contributed by atoms with Gasteiger partial charge in [-0.15, -0.1) is 0 Å². The molecule has 1 N–H and O–H groups in total. The molecule has 0 aliphatic heterocycles. The lowest BCUT2D eigenvalue weighted by atomic mass is 10.5. The standard InChI is InChI=1S/C5H9BrNO/c1-2-3-7-5(8)4-6/h1-4H2,(H,7,8). The van der Waals surface area contributed by atoms with Gasteiger partial charge >= 0.3 is 0 Å². The minimum Gasteiger partial charge on any atom is -0.355 e. The van der Waals surface area contributed by atoms with Crippen molar-refractivity contribution in [2.24, 2.45) is 0 Å². The molecule has 0 saturated carbocycles. The lowest BCUT2D eigenvalue weighted by Gasteiger charge is -1.96. The Hall–Kier alpha value is -0.0500. The molecule has 0 fully saturated rings. The molecule has 3 heteroatoms. The average Bonchev–Trinajstić information content (AvgIpc) is 1.83. The Morgan fingerprint density at radius 3 is 2.75 bits per heavy atom. The largest absolute Gasteiger partial charge is 0.355 e. The summed E-state index contributed by atoms with van der Waals surface area (Å²) in [6.07, 6.45) is 0.749. The SMILES string of the molecule is [CH2]CCNC(=O)CBr. The number of halogens is 1. The van der Waals surface area contributed by atoms with E-state index in [-0.39, 0.29) is 5.91 Å². The van der Waals surface area contributed by atoms with E-state index in [9.17, 15) is 4.79 Å². The number of carbonyl (C=O) groups excluding carboxylic acids is 1. The van der Waals surface area contributed by atoms with Crippen LogP contribution in [-0.4, -0.2) is 17.8 Å². The van der Waals surface area contributed by atoms with Crippen LogP contribution in [0.4, 0.5) is 0 Å². The van der Waals surface area contributed by atoms with Crippen LogP contribution in [-0.2, 0) is 4.79 Å². The highest BCUT2D eigenvalue weighted by atomic mass is 79.9. The summed E-state index contributed by atoms with van der Waals surface area (Å²) < 4.78 is 0. The first-order valence-corrected chi connectivity index (χ1v) is 3.55. The molecule has 2 nitrogen and oxygen atoms in total. The van der Waals surface area contributed by atoms with Crippen LogP contribution in [0.2, 0.25) is 0 Å². The lowest BCUT2D eigenvalue weighted by Crippen LogP contribution is -2.24. The molecule has 0 heterocycles. The third-order valence-electron chi connectivity index (χ3n) is 0.620. The smallest absolute Gasteiger partial charge is 0.230 e. The number of alkyl halides is 1. The van der Waals surface area contributed by atoms with E-state index in [4.69, 9.17) is 0 Å². The second-order valence-corrected chi connectivity index (χ2v) is 1.90. The number of hydrogen-bond donors (Lipinski definition) is 1. The Balaban J connectivity index is 2.99. The van der Waals surface area contributed by atoms with Crippen LogP contribution in [0.1, 0.15) is 6.42 Å².